The van der Waals surface area contributed by atoms with Crippen molar-refractivity contribution < 1.29 is 4.79 Å². The average molecular weight is 279 g/mol. The SMILES string of the molecule is Nc1ccc(C(=O)Nc2cnn(-c3ccccn3)c2)cc1. The van der Waals surface area contributed by atoms with Gasteiger partial charge in [-0.2, -0.15) is 5.10 Å². The number of anilines is 2. The van der Waals surface area contributed by atoms with Crippen molar-refractivity contribution in [3.8, 4) is 5.82 Å². The quantitative estimate of drug-likeness (QED) is 0.719. The predicted octanol–water partition coefficient (Wildman–Crippen LogP) is 2.10. The molecule has 0 saturated heterocycles. The molecule has 1 amide bonds. The second kappa shape index (κ2) is 5.46. The lowest BCUT2D eigenvalue weighted by atomic mass is 10.2. The molecule has 2 aromatic heterocycles. The molecule has 1 aromatic carbocycles. The van der Waals surface area contributed by atoms with Crippen molar-refractivity contribution in [3.63, 3.8) is 0 Å². The van der Waals surface area contributed by atoms with Crippen molar-refractivity contribution in [2.45, 2.75) is 0 Å². The van der Waals surface area contributed by atoms with Crippen LogP contribution in [0.4, 0.5) is 11.4 Å². The summed E-state index contributed by atoms with van der Waals surface area (Å²) >= 11 is 0. The van der Waals surface area contributed by atoms with E-state index in [2.05, 4.69) is 15.4 Å². The van der Waals surface area contributed by atoms with Gasteiger partial charge < -0.3 is 11.1 Å². The number of nitrogen functional groups attached to an aromatic ring is 1. The molecule has 0 fully saturated rings. The van der Waals surface area contributed by atoms with Gasteiger partial charge in [0.1, 0.15) is 0 Å². The summed E-state index contributed by atoms with van der Waals surface area (Å²) in [6, 6.07) is 12.3. The van der Waals surface area contributed by atoms with E-state index in [0.717, 1.165) is 0 Å². The van der Waals surface area contributed by atoms with Crippen LogP contribution in [0.3, 0.4) is 0 Å². The molecule has 3 N–H and O–H groups in total. The highest BCUT2D eigenvalue weighted by Gasteiger charge is 2.08. The highest BCUT2D eigenvalue weighted by molar-refractivity contribution is 6.04. The Labute approximate surface area is 121 Å². The van der Waals surface area contributed by atoms with Gasteiger partial charge >= 0.3 is 0 Å². The number of carbonyl (C=O) groups is 1. The molecule has 0 aliphatic carbocycles. The van der Waals surface area contributed by atoms with Gasteiger partial charge in [0.05, 0.1) is 18.1 Å². The van der Waals surface area contributed by atoms with Crippen LogP contribution in [0.5, 0.6) is 0 Å². The third-order valence-corrected chi connectivity index (χ3v) is 2.90. The van der Waals surface area contributed by atoms with Crippen molar-refractivity contribution in [2.24, 2.45) is 0 Å². The molecular weight excluding hydrogens is 266 g/mol. The predicted molar refractivity (Wildman–Crippen MR) is 80.2 cm³/mol. The summed E-state index contributed by atoms with van der Waals surface area (Å²) in [7, 11) is 0. The van der Waals surface area contributed by atoms with Gasteiger partial charge in [-0.25, -0.2) is 9.67 Å². The minimum Gasteiger partial charge on any atom is -0.399 e. The van der Waals surface area contributed by atoms with Gasteiger partial charge in [-0.3, -0.25) is 4.79 Å². The first-order valence-corrected chi connectivity index (χ1v) is 6.35. The van der Waals surface area contributed by atoms with Crippen LogP contribution in [0.1, 0.15) is 10.4 Å². The molecule has 0 unspecified atom stereocenters. The van der Waals surface area contributed by atoms with E-state index in [4.69, 9.17) is 5.73 Å². The molecule has 2 heterocycles. The fourth-order valence-corrected chi connectivity index (χ4v) is 1.84. The molecule has 3 aromatic rings. The number of amides is 1. The van der Waals surface area contributed by atoms with Crippen LogP contribution in [-0.2, 0) is 0 Å². The van der Waals surface area contributed by atoms with Gasteiger partial charge in [-0.1, -0.05) is 6.07 Å². The van der Waals surface area contributed by atoms with Gasteiger partial charge in [0.15, 0.2) is 5.82 Å². The number of nitrogens with zero attached hydrogens (tertiary/aromatic N) is 3. The molecule has 0 spiro atoms. The van der Waals surface area contributed by atoms with Crippen LogP contribution >= 0.6 is 0 Å². The summed E-state index contributed by atoms with van der Waals surface area (Å²) in [5.41, 5.74) is 7.35. The zero-order valence-electron chi connectivity index (χ0n) is 11.1. The zero-order valence-corrected chi connectivity index (χ0v) is 11.1. The third kappa shape index (κ3) is 2.89. The van der Waals surface area contributed by atoms with E-state index in [1.54, 1.807) is 47.5 Å². The third-order valence-electron chi connectivity index (χ3n) is 2.90. The Morgan fingerprint density at radius 2 is 1.95 bits per heavy atom. The lowest BCUT2D eigenvalue weighted by Gasteiger charge is -2.02. The smallest absolute Gasteiger partial charge is 0.255 e. The number of carbonyl (C=O) groups excluding carboxylic acids is 1. The van der Waals surface area contributed by atoms with Gasteiger partial charge in [-0.05, 0) is 36.4 Å². The molecule has 0 radical (unpaired) electrons. The number of aromatic nitrogens is 3. The number of hydrogen-bond donors (Lipinski definition) is 2. The van der Waals surface area contributed by atoms with E-state index < -0.39 is 0 Å². The normalized spacial score (nSPS) is 10.3. The Bertz CT molecular complexity index is 749. The standard InChI is InChI=1S/C15H13N5O/c16-12-6-4-11(5-7-12)15(21)19-13-9-18-20(10-13)14-3-1-2-8-17-14/h1-10H,16H2,(H,19,21). The second-order valence-corrected chi connectivity index (χ2v) is 4.44. The average Bonchev–Trinajstić information content (AvgIpc) is 2.97. The number of hydrogen-bond acceptors (Lipinski definition) is 4. The maximum absolute atomic E-state index is 12.1. The molecule has 6 nitrogen and oxygen atoms in total. The van der Waals surface area contributed by atoms with Crippen LogP contribution in [0.25, 0.3) is 5.82 Å². The maximum atomic E-state index is 12.1. The van der Waals surface area contributed by atoms with Gasteiger partial charge in [-0.15, -0.1) is 0 Å². The van der Waals surface area contributed by atoms with Gasteiger partial charge in [0, 0.05) is 17.4 Å². The highest BCUT2D eigenvalue weighted by atomic mass is 16.1. The van der Waals surface area contributed by atoms with Crippen LogP contribution in [0.2, 0.25) is 0 Å². The molecule has 0 saturated carbocycles. The number of rotatable bonds is 3. The lowest BCUT2D eigenvalue weighted by molar-refractivity contribution is 0.102. The lowest BCUT2D eigenvalue weighted by Crippen LogP contribution is -2.11. The Kier molecular flexibility index (Phi) is 3.34. The van der Waals surface area contributed by atoms with E-state index in [1.165, 1.54) is 0 Å². The maximum Gasteiger partial charge on any atom is 0.255 e. The molecule has 0 aliphatic rings. The molecule has 21 heavy (non-hydrogen) atoms. The Morgan fingerprint density at radius 1 is 1.14 bits per heavy atom. The fraction of sp³-hybridized carbons (Fsp3) is 0. The van der Waals surface area contributed by atoms with E-state index >= 15 is 0 Å². The van der Waals surface area contributed by atoms with Crippen LogP contribution in [0.15, 0.2) is 61.1 Å². The van der Waals surface area contributed by atoms with Crippen molar-refractivity contribution in [1.29, 1.82) is 0 Å². The fourth-order valence-electron chi connectivity index (χ4n) is 1.84. The van der Waals surface area contributed by atoms with Crippen molar-refractivity contribution >= 4 is 17.3 Å². The summed E-state index contributed by atoms with van der Waals surface area (Å²) in [4.78, 5) is 16.2. The van der Waals surface area contributed by atoms with Crippen molar-refractivity contribution in [3.05, 3.63) is 66.6 Å². The Morgan fingerprint density at radius 3 is 2.67 bits per heavy atom. The summed E-state index contributed by atoms with van der Waals surface area (Å²) < 4.78 is 1.60. The minimum absolute atomic E-state index is 0.212. The minimum atomic E-state index is -0.212. The molecule has 3 rings (SSSR count). The van der Waals surface area contributed by atoms with Crippen molar-refractivity contribution in [2.75, 3.05) is 11.1 Å². The first kappa shape index (κ1) is 12.9. The van der Waals surface area contributed by atoms with Gasteiger partial charge in [0.2, 0.25) is 0 Å². The Hall–Kier alpha value is -3.15. The highest BCUT2D eigenvalue weighted by Crippen LogP contribution is 2.12. The first-order valence-electron chi connectivity index (χ1n) is 6.35. The molecule has 104 valence electrons. The topological polar surface area (TPSA) is 85.8 Å². The van der Waals surface area contributed by atoms with Crippen LogP contribution in [-0.4, -0.2) is 20.7 Å². The summed E-state index contributed by atoms with van der Waals surface area (Å²) in [6.07, 6.45) is 4.96. The molecule has 0 atom stereocenters. The molecule has 0 aliphatic heterocycles. The monoisotopic (exact) mass is 279 g/mol. The van der Waals surface area contributed by atoms with Gasteiger partial charge in [0.25, 0.3) is 5.91 Å². The summed E-state index contributed by atoms with van der Waals surface area (Å²) in [6.45, 7) is 0. The van der Waals surface area contributed by atoms with E-state index in [0.29, 0.717) is 22.8 Å². The van der Waals surface area contributed by atoms with Crippen LogP contribution in [0, 0.1) is 0 Å². The van der Waals surface area contributed by atoms with E-state index in [-0.39, 0.29) is 5.91 Å². The molecule has 0 bridgehead atoms. The summed E-state index contributed by atoms with van der Waals surface area (Å²) in [5.74, 6) is 0.473. The number of nitrogens with one attached hydrogen (secondary N) is 1. The largest absolute Gasteiger partial charge is 0.399 e. The molecular formula is C15H13N5O. The van der Waals surface area contributed by atoms with E-state index in [9.17, 15) is 4.79 Å². The molecule has 6 heteroatoms. The second-order valence-electron chi connectivity index (χ2n) is 4.44. The van der Waals surface area contributed by atoms with E-state index in [1.807, 2.05) is 18.2 Å². The Balaban J connectivity index is 1.75. The zero-order chi connectivity index (χ0) is 14.7. The number of nitrogens with two attached hydrogens (primary N) is 1. The number of pyridine rings is 1. The van der Waals surface area contributed by atoms with Crippen molar-refractivity contribution in [1.82, 2.24) is 14.8 Å². The van der Waals surface area contributed by atoms with Crippen LogP contribution < -0.4 is 11.1 Å². The summed E-state index contributed by atoms with van der Waals surface area (Å²) in [5, 5.41) is 6.94. The first-order chi connectivity index (χ1) is 10.2. The number of benzene rings is 1.